The first-order chi connectivity index (χ1) is 14.1. The highest BCUT2D eigenvalue weighted by Gasteiger charge is 2.17. The van der Waals surface area contributed by atoms with Gasteiger partial charge in [-0.3, -0.25) is 4.79 Å². The molecule has 1 N–H and O–H groups in total. The van der Waals surface area contributed by atoms with E-state index in [0.29, 0.717) is 0 Å². The zero-order chi connectivity index (χ0) is 20.6. The summed E-state index contributed by atoms with van der Waals surface area (Å²) < 4.78 is 5.36. The van der Waals surface area contributed by atoms with Crippen LogP contribution in [0.4, 0.5) is 0 Å². The molecule has 0 saturated carbocycles. The number of carbonyl (C=O) groups excluding carboxylic acids is 1. The SMILES string of the molecule is CCC(NC(=O)c1ccccc1CCc1ccccc1)c1ccc(OC)c(C)c1. The molecule has 0 aliphatic heterocycles. The molecule has 3 rings (SSSR count). The molecule has 1 atom stereocenters. The molecule has 3 heteroatoms. The van der Waals surface area contributed by atoms with Crippen LogP contribution in [0.5, 0.6) is 5.75 Å². The summed E-state index contributed by atoms with van der Waals surface area (Å²) in [5, 5.41) is 3.22. The molecule has 3 aromatic carbocycles. The van der Waals surface area contributed by atoms with Gasteiger partial charge < -0.3 is 10.1 Å². The van der Waals surface area contributed by atoms with Crippen molar-refractivity contribution < 1.29 is 9.53 Å². The first kappa shape index (κ1) is 20.7. The van der Waals surface area contributed by atoms with E-state index in [0.717, 1.165) is 47.3 Å². The van der Waals surface area contributed by atoms with E-state index >= 15 is 0 Å². The van der Waals surface area contributed by atoms with E-state index in [9.17, 15) is 4.79 Å². The third-order valence-electron chi connectivity index (χ3n) is 5.32. The van der Waals surface area contributed by atoms with Crippen molar-refractivity contribution in [3.63, 3.8) is 0 Å². The second-order valence-electron chi connectivity index (χ2n) is 7.31. The quantitative estimate of drug-likeness (QED) is 0.541. The third-order valence-corrected chi connectivity index (χ3v) is 5.32. The van der Waals surface area contributed by atoms with E-state index in [1.807, 2.05) is 43.3 Å². The monoisotopic (exact) mass is 387 g/mol. The zero-order valence-electron chi connectivity index (χ0n) is 17.4. The standard InChI is InChI=1S/C26H29NO2/c1-4-24(22-16-17-25(29-3)19(2)18-22)27-26(28)23-13-9-8-12-21(23)15-14-20-10-6-5-7-11-20/h5-13,16-18,24H,4,14-15H2,1-3H3,(H,27,28). The van der Waals surface area contributed by atoms with Gasteiger partial charge in [-0.15, -0.1) is 0 Å². The molecule has 0 bridgehead atoms. The van der Waals surface area contributed by atoms with Crippen LogP contribution in [0.25, 0.3) is 0 Å². The fraction of sp³-hybridized carbons (Fsp3) is 0.269. The molecule has 1 amide bonds. The maximum atomic E-state index is 13.1. The molecule has 0 aromatic heterocycles. The number of benzene rings is 3. The third kappa shape index (κ3) is 5.26. The lowest BCUT2D eigenvalue weighted by molar-refractivity contribution is 0.0934. The first-order valence-electron chi connectivity index (χ1n) is 10.2. The van der Waals surface area contributed by atoms with E-state index < -0.39 is 0 Å². The van der Waals surface area contributed by atoms with Crippen LogP contribution in [0, 0.1) is 6.92 Å². The Bertz CT molecular complexity index is 950. The molecule has 0 radical (unpaired) electrons. The Hall–Kier alpha value is -3.07. The fourth-order valence-electron chi connectivity index (χ4n) is 3.66. The first-order valence-corrected chi connectivity index (χ1v) is 10.2. The molecule has 0 spiro atoms. The van der Waals surface area contributed by atoms with Gasteiger partial charge in [-0.1, -0.05) is 67.6 Å². The molecule has 1 unspecified atom stereocenters. The number of rotatable bonds is 8. The summed E-state index contributed by atoms with van der Waals surface area (Å²) in [6.07, 6.45) is 2.58. The normalized spacial score (nSPS) is 11.7. The average molecular weight is 388 g/mol. The maximum Gasteiger partial charge on any atom is 0.252 e. The predicted molar refractivity (Wildman–Crippen MR) is 119 cm³/mol. The molecule has 29 heavy (non-hydrogen) atoms. The molecular formula is C26H29NO2. The maximum absolute atomic E-state index is 13.1. The molecule has 0 fully saturated rings. The van der Waals surface area contributed by atoms with Crippen LogP contribution in [0.1, 0.15) is 52.0 Å². The van der Waals surface area contributed by atoms with Crippen LogP contribution < -0.4 is 10.1 Å². The smallest absolute Gasteiger partial charge is 0.252 e. The van der Waals surface area contributed by atoms with Gasteiger partial charge in [0, 0.05) is 5.56 Å². The van der Waals surface area contributed by atoms with Gasteiger partial charge in [0.2, 0.25) is 0 Å². The van der Waals surface area contributed by atoms with Crippen LogP contribution in [0.15, 0.2) is 72.8 Å². The number of hydrogen-bond acceptors (Lipinski definition) is 2. The van der Waals surface area contributed by atoms with Crippen molar-refractivity contribution in [3.8, 4) is 5.75 Å². The number of amides is 1. The lowest BCUT2D eigenvalue weighted by atomic mass is 9.98. The topological polar surface area (TPSA) is 38.3 Å². The van der Waals surface area contributed by atoms with Gasteiger partial charge in [0.1, 0.15) is 5.75 Å². The van der Waals surface area contributed by atoms with Crippen LogP contribution in [-0.2, 0) is 12.8 Å². The van der Waals surface area contributed by atoms with Gasteiger partial charge in [-0.25, -0.2) is 0 Å². The van der Waals surface area contributed by atoms with Crippen molar-refractivity contribution in [2.75, 3.05) is 7.11 Å². The summed E-state index contributed by atoms with van der Waals surface area (Å²) in [4.78, 5) is 13.1. The van der Waals surface area contributed by atoms with E-state index in [1.165, 1.54) is 5.56 Å². The number of ether oxygens (including phenoxy) is 1. The van der Waals surface area contributed by atoms with E-state index in [4.69, 9.17) is 4.74 Å². The van der Waals surface area contributed by atoms with E-state index in [2.05, 4.69) is 48.6 Å². The Morgan fingerprint density at radius 1 is 0.966 bits per heavy atom. The molecular weight excluding hydrogens is 358 g/mol. The number of methoxy groups -OCH3 is 1. The van der Waals surface area contributed by atoms with Crippen LogP contribution in [0.2, 0.25) is 0 Å². The van der Waals surface area contributed by atoms with Crippen molar-refractivity contribution in [2.45, 2.75) is 39.2 Å². The highest BCUT2D eigenvalue weighted by atomic mass is 16.5. The lowest BCUT2D eigenvalue weighted by Gasteiger charge is -2.20. The number of hydrogen-bond donors (Lipinski definition) is 1. The molecule has 3 aromatic rings. The minimum atomic E-state index is -0.0331. The summed E-state index contributed by atoms with van der Waals surface area (Å²) in [6.45, 7) is 4.11. The molecule has 150 valence electrons. The van der Waals surface area contributed by atoms with Crippen molar-refractivity contribution in [3.05, 3.63) is 101 Å². The summed E-state index contributed by atoms with van der Waals surface area (Å²) >= 11 is 0. The molecule has 0 aliphatic rings. The van der Waals surface area contributed by atoms with Crippen molar-refractivity contribution >= 4 is 5.91 Å². The second kappa shape index (κ2) is 9.92. The highest BCUT2D eigenvalue weighted by Crippen LogP contribution is 2.25. The van der Waals surface area contributed by atoms with Gasteiger partial charge >= 0.3 is 0 Å². The fourth-order valence-corrected chi connectivity index (χ4v) is 3.66. The van der Waals surface area contributed by atoms with Gasteiger partial charge in [0.15, 0.2) is 0 Å². The van der Waals surface area contributed by atoms with Gasteiger partial charge in [0.25, 0.3) is 5.91 Å². The van der Waals surface area contributed by atoms with Crippen molar-refractivity contribution in [2.24, 2.45) is 0 Å². The largest absolute Gasteiger partial charge is 0.496 e. The Labute approximate surface area is 173 Å². The minimum Gasteiger partial charge on any atom is -0.496 e. The highest BCUT2D eigenvalue weighted by molar-refractivity contribution is 5.96. The Morgan fingerprint density at radius 2 is 1.69 bits per heavy atom. The van der Waals surface area contributed by atoms with Gasteiger partial charge in [0.05, 0.1) is 13.2 Å². The van der Waals surface area contributed by atoms with Crippen LogP contribution in [-0.4, -0.2) is 13.0 Å². The predicted octanol–water partition coefficient (Wildman–Crippen LogP) is 5.67. The second-order valence-corrected chi connectivity index (χ2v) is 7.31. The molecule has 0 heterocycles. The summed E-state index contributed by atoms with van der Waals surface area (Å²) in [5.41, 5.74) is 5.28. The number of aryl methyl sites for hydroxylation is 3. The summed E-state index contributed by atoms with van der Waals surface area (Å²) in [6, 6.07) is 24.3. The van der Waals surface area contributed by atoms with E-state index in [1.54, 1.807) is 7.11 Å². The lowest BCUT2D eigenvalue weighted by Crippen LogP contribution is -2.29. The summed E-state index contributed by atoms with van der Waals surface area (Å²) in [5.74, 6) is 0.843. The minimum absolute atomic E-state index is 0.0195. The van der Waals surface area contributed by atoms with Gasteiger partial charge in [-0.2, -0.15) is 0 Å². The molecule has 0 aliphatic carbocycles. The molecule has 3 nitrogen and oxygen atoms in total. The number of nitrogens with one attached hydrogen (secondary N) is 1. The van der Waals surface area contributed by atoms with Gasteiger partial charge in [-0.05, 0) is 60.6 Å². The Balaban J connectivity index is 1.75. The number of carbonyl (C=O) groups is 1. The zero-order valence-corrected chi connectivity index (χ0v) is 17.4. The van der Waals surface area contributed by atoms with Crippen molar-refractivity contribution in [1.82, 2.24) is 5.32 Å². The summed E-state index contributed by atoms with van der Waals surface area (Å²) in [7, 11) is 1.67. The Morgan fingerprint density at radius 3 is 2.38 bits per heavy atom. The average Bonchev–Trinajstić information content (AvgIpc) is 2.76. The molecule has 0 saturated heterocycles. The van der Waals surface area contributed by atoms with Crippen LogP contribution in [0.3, 0.4) is 0 Å². The van der Waals surface area contributed by atoms with Crippen LogP contribution >= 0.6 is 0 Å². The van der Waals surface area contributed by atoms with Crippen molar-refractivity contribution in [1.29, 1.82) is 0 Å². The Kier molecular flexibility index (Phi) is 7.07. The van der Waals surface area contributed by atoms with E-state index in [-0.39, 0.29) is 11.9 Å².